The molecule has 0 radical (unpaired) electrons. The minimum absolute atomic E-state index is 0.182. The molecular weight excluding hydrogens is 240 g/mol. The number of carbonyl (C=O) groups excluding carboxylic acids is 1. The lowest BCUT2D eigenvalue weighted by Gasteiger charge is -2.50. The van der Waals surface area contributed by atoms with E-state index in [4.69, 9.17) is 10.5 Å². The minimum Gasteiger partial charge on any atom is -0.468 e. The van der Waals surface area contributed by atoms with Crippen LogP contribution in [0.1, 0.15) is 37.7 Å². The highest BCUT2D eigenvalue weighted by Gasteiger charge is 2.48. The Morgan fingerprint density at radius 1 is 1.47 bits per heavy atom. The number of nitrogens with zero attached hydrogens (tertiary/aromatic N) is 1. The lowest BCUT2D eigenvalue weighted by molar-refractivity contribution is -0.165. The molecule has 1 fully saturated rings. The molecular formula is C15H20N2O2. The normalized spacial score (nSPS) is 28.8. The number of hydrogen-bond donors (Lipinski definition) is 1. The number of nitrogens with two attached hydrogens (primary N) is 1. The summed E-state index contributed by atoms with van der Waals surface area (Å²) in [5.41, 5.74) is 6.22. The van der Waals surface area contributed by atoms with Gasteiger partial charge in [0.25, 0.3) is 0 Å². The molecule has 0 spiro atoms. The van der Waals surface area contributed by atoms with E-state index < -0.39 is 5.72 Å². The van der Waals surface area contributed by atoms with Crippen LogP contribution < -0.4 is 10.5 Å². The van der Waals surface area contributed by atoms with Crippen LogP contribution in [0.2, 0.25) is 0 Å². The molecule has 2 bridgehead atoms. The molecule has 4 nitrogen and oxygen atoms in total. The van der Waals surface area contributed by atoms with Gasteiger partial charge in [0.1, 0.15) is 5.75 Å². The number of para-hydroxylation sites is 1. The van der Waals surface area contributed by atoms with Gasteiger partial charge in [-0.05, 0) is 31.5 Å². The van der Waals surface area contributed by atoms with E-state index in [1.807, 2.05) is 30.0 Å². The average Bonchev–Trinajstić information content (AvgIpc) is 2.37. The Balaban J connectivity index is 1.94. The number of ether oxygens (including phenoxy) is 1. The van der Waals surface area contributed by atoms with Gasteiger partial charge >= 0.3 is 0 Å². The van der Waals surface area contributed by atoms with Crippen molar-refractivity contribution in [2.75, 3.05) is 13.1 Å². The molecule has 2 N–H and O–H groups in total. The maximum absolute atomic E-state index is 12.3. The zero-order valence-corrected chi connectivity index (χ0v) is 11.3. The van der Waals surface area contributed by atoms with E-state index >= 15 is 0 Å². The Morgan fingerprint density at radius 3 is 3.05 bits per heavy atom. The van der Waals surface area contributed by atoms with Gasteiger partial charge in [0.2, 0.25) is 5.91 Å². The Morgan fingerprint density at radius 2 is 2.26 bits per heavy atom. The topological polar surface area (TPSA) is 55.6 Å². The summed E-state index contributed by atoms with van der Waals surface area (Å²) in [6, 6.07) is 8.06. The number of amides is 1. The van der Waals surface area contributed by atoms with Crippen molar-refractivity contribution < 1.29 is 9.53 Å². The second-order valence-corrected chi connectivity index (χ2v) is 5.61. The highest BCUT2D eigenvalue weighted by atomic mass is 16.5. The molecule has 102 valence electrons. The quantitative estimate of drug-likeness (QED) is 0.902. The van der Waals surface area contributed by atoms with Crippen LogP contribution in [0.15, 0.2) is 24.3 Å². The van der Waals surface area contributed by atoms with Crippen molar-refractivity contribution in [3.05, 3.63) is 29.8 Å². The summed E-state index contributed by atoms with van der Waals surface area (Å²) < 4.78 is 6.13. The van der Waals surface area contributed by atoms with E-state index in [-0.39, 0.29) is 11.8 Å². The average molecular weight is 260 g/mol. The van der Waals surface area contributed by atoms with E-state index in [0.29, 0.717) is 19.5 Å². The number of carbonyl (C=O) groups is 1. The van der Waals surface area contributed by atoms with Crippen molar-refractivity contribution in [1.82, 2.24) is 4.90 Å². The lowest BCUT2D eigenvalue weighted by atomic mass is 9.80. The number of rotatable bonds is 3. The summed E-state index contributed by atoms with van der Waals surface area (Å²) in [6.07, 6.45) is 2.28. The van der Waals surface area contributed by atoms with Crippen molar-refractivity contribution >= 4 is 5.91 Å². The summed E-state index contributed by atoms with van der Waals surface area (Å²) in [5, 5.41) is 0. The first-order valence-electron chi connectivity index (χ1n) is 6.92. The largest absolute Gasteiger partial charge is 0.468 e. The van der Waals surface area contributed by atoms with Gasteiger partial charge in [-0.2, -0.15) is 0 Å². The molecule has 1 saturated heterocycles. The highest BCUT2D eigenvalue weighted by molar-refractivity contribution is 5.79. The maximum atomic E-state index is 12.3. The third-order valence-corrected chi connectivity index (χ3v) is 4.19. The molecule has 1 amide bonds. The van der Waals surface area contributed by atoms with Gasteiger partial charge in [-0.15, -0.1) is 0 Å². The Kier molecular flexibility index (Phi) is 2.97. The number of hydrogen-bond acceptors (Lipinski definition) is 3. The molecule has 1 aromatic rings. The zero-order valence-electron chi connectivity index (χ0n) is 11.3. The maximum Gasteiger partial charge on any atom is 0.226 e. The molecule has 0 aromatic heterocycles. The summed E-state index contributed by atoms with van der Waals surface area (Å²) in [7, 11) is 0. The predicted molar refractivity (Wildman–Crippen MR) is 72.8 cm³/mol. The van der Waals surface area contributed by atoms with Gasteiger partial charge in [-0.3, -0.25) is 4.79 Å². The standard InChI is InChI=1S/C15H20N2O2/c1-15-10-11(9-14(18)17(15)8-4-7-16)12-5-2-3-6-13(12)19-15/h2-3,5-6,11H,4,7-10,16H2,1H3/t11-,15-/m0/s1. The predicted octanol–water partition coefficient (Wildman–Crippen LogP) is 1.85. The summed E-state index contributed by atoms with van der Waals surface area (Å²) in [4.78, 5) is 14.2. The van der Waals surface area contributed by atoms with Crippen molar-refractivity contribution in [2.24, 2.45) is 5.73 Å². The van der Waals surface area contributed by atoms with Gasteiger partial charge in [0.15, 0.2) is 5.72 Å². The van der Waals surface area contributed by atoms with Crippen LogP contribution in [0.3, 0.4) is 0 Å². The van der Waals surface area contributed by atoms with Crippen LogP contribution in [0.5, 0.6) is 5.75 Å². The second-order valence-electron chi connectivity index (χ2n) is 5.61. The molecule has 2 aliphatic rings. The zero-order chi connectivity index (χ0) is 13.5. The van der Waals surface area contributed by atoms with Crippen molar-refractivity contribution in [2.45, 2.75) is 37.8 Å². The fourth-order valence-corrected chi connectivity index (χ4v) is 3.30. The third kappa shape index (κ3) is 2.00. The van der Waals surface area contributed by atoms with Crippen LogP contribution in [0, 0.1) is 0 Å². The van der Waals surface area contributed by atoms with Crippen LogP contribution in [-0.4, -0.2) is 29.6 Å². The van der Waals surface area contributed by atoms with Crippen molar-refractivity contribution in [1.29, 1.82) is 0 Å². The van der Waals surface area contributed by atoms with Gasteiger partial charge in [-0.1, -0.05) is 18.2 Å². The molecule has 3 rings (SSSR count). The van der Waals surface area contributed by atoms with E-state index in [9.17, 15) is 4.79 Å². The van der Waals surface area contributed by atoms with E-state index in [2.05, 4.69) is 6.07 Å². The Hall–Kier alpha value is -1.55. The molecule has 4 heteroatoms. The molecule has 2 aliphatic heterocycles. The third-order valence-electron chi connectivity index (χ3n) is 4.19. The first-order valence-corrected chi connectivity index (χ1v) is 6.92. The minimum atomic E-state index is -0.510. The van der Waals surface area contributed by atoms with Crippen LogP contribution in [-0.2, 0) is 4.79 Å². The fourth-order valence-electron chi connectivity index (χ4n) is 3.30. The number of fused-ring (bicyclic) bond motifs is 4. The van der Waals surface area contributed by atoms with E-state index in [1.165, 1.54) is 5.56 Å². The molecule has 0 saturated carbocycles. The lowest BCUT2D eigenvalue weighted by Crippen LogP contribution is -2.60. The molecule has 1 aromatic carbocycles. The summed E-state index contributed by atoms with van der Waals surface area (Å²) in [5.74, 6) is 1.39. The van der Waals surface area contributed by atoms with E-state index in [0.717, 1.165) is 18.6 Å². The van der Waals surface area contributed by atoms with Gasteiger partial charge < -0.3 is 15.4 Å². The molecule has 0 aliphatic carbocycles. The van der Waals surface area contributed by atoms with Gasteiger partial charge in [-0.25, -0.2) is 0 Å². The number of likely N-dealkylation sites (tertiary alicyclic amines) is 1. The van der Waals surface area contributed by atoms with Crippen LogP contribution in [0.4, 0.5) is 0 Å². The Labute approximate surface area is 113 Å². The Bertz CT molecular complexity index is 503. The summed E-state index contributed by atoms with van der Waals surface area (Å²) in [6.45, 7) is 3.30. The highest BCUT2D eigenvalue weighted by Crippen LogP contribution is 2.47. The first kappa shape index (κ1) is 12.5. The van der Waals surface area contributed by atoms with Crippen LogP contribution >= 0.6 is 0 Å². The first-order chi connectivity index (χ1) is 9.14. The van der Waals surface area contributed by atoms with Gasteiger partial charge in [0.05, 0.1) is 0 Å². The van der Waals surface area contributed by atoms with Crippen molar-refractivity contribution in [3.8, 4) is 5.75 Å². The van der Waals surface area contributed by atoms with Gasteiger partial charge in [0, 0.05) is 25.3 Å². The van der Waals surface area contributed by atoms with Crippen molar-refractivity contribution in [3.63, 3.8) is 0 Å². The van der Waals surface area contributed by atoms with Crippen LogP contribution in [0.25, 0.3) is 0 Å². The SMILES string of the molecule is C[C@]12C[C@H](CC(=O)N1CCCN)c1ccccc1O2. The molecule has 19 heavy (non-hydrogen) atoms. The molecule has 2 heterocycles. The molecule has 0 unspecified atom stereocenters. The summed E-state index contributed by atoms with van der Waals surface area (Å²) >= 11 is 0. The number of benzene rings is 1. The second kappa shape index (κ2) is 4.53. The fraction of sp³-hybridized carbons (Fsp3) is 0.533. The smallest absolute Gasteiger partial charge is 0.226 e. The number of piperidine rings is 1. The molecule has 2 atom stereocenters. The van der Waals surface area contributed by atoms with E-state index in [1.54, 1.807) is 0 Å². The monoisotopic (exact) mass is 260 g/mol.